The molecule has 2 rings (SSSR count). The van der Waals surface area contributed by atoms with Crippen LogP contribution in [0.15, 0.2) is 42.5 Å². The Kier molecular flexibility index (Phi) is 8.95. The van der Waals surface area contributed by atoms with Crippen molar-refractivity contribution in [2.75, 3.05) is 12.3 Å². The van der Waals surface area contributed by atoms with Crippen LogP contribution in [0, 0.1) is 5.82 Å². The third kappa shape index (κ3) is 6.74. The van der Waals surface area contributed by atoms with Crippen LogP contribution in [0.3, 0.4) is 0 Å². The van der Waals surface area contributed by atoms with Crippen LogP contribution in [0.25, 0.3) is 0 Å². The van der Waals surface area contributed by atoms with Gasteiger partial charge < -0.3 is 10.1 Å². The van der Waals surface area contributed by atoms with Crippen molar-refractivity contribution in [1.29, 1.82) is 0 Å². The summed E-state index contributed by atoms with van der Waals surface area (Å²) in [5.74, 6) is 1.39. The van der Waals surface area contributed by atoms with E-state index in [-0.39, 0.29) is 11.7 Å². The maximum Gasteiger partial charge on any atom is 0.261 e. The second-order valence-corrected chi connectivity index (χ2v) is 7.57. The van der Waals surface area contributed by atoms with Gasteiger partial charge in [-0.25, -0.2) is 4.39 Å². The molecule has 0 aliphatic rings. The lowest BCUT2D eigenvalue weighted by Crippen LogP contribution is -2.39. The zero-order valence-electron chi connectivity index (χ0n) is 15.6. The van der Waals surface area contributed by atoms with Crippen molar-refractivity contribution in [2.24, 2.45) is 0 Å². The van der Waals surface area contributed by atoms with Crippen LogP contribution < -0.4 is 10.1 Å². The number of ether oxygens (including phenoxy) is 1. The second-order valence-electron chi connectivity index (χ2n) is 6.06. The molecule has 3 nitrogen and oxygen atoms in total. The SMILES string of the molecule is CCc1ccc(OC(CC)C(=O)NCCSCc2c(F)cccc2Cl)cc1. The number of halogens is 2. The molecule has 2 aromatic rings. The molecule has 0 spiro atoms. The molecule has 0 saturated carbocycles. The van der Waals surface area contributed by atoms with Crippen molar-refractivity contribution in [3.8, 4) is 5.75 Å². The highest BCUT2D eigenvalue weighted by atomic mass is 35.5. The van der Waals surface area contributed by atoms with Gasteiger partial charge in [0, 0.05) is 28.6 Å². The lowest BCUT2D eigenvalue weighted by atomic mass is 10.2. The fraction of sp³-hybridized carbons (Fsp3) is 0.381. The zero-order chi connectivity index (χ0) is 19.6. The zero-order valence-corrected chi connectivity index (χ0v) is 17.2. The summed E-state index contributed by atoms with van der Waals surface area (Å²) in [5, 5.41) is 3.31. The molecule has 1 unspecified atom stereocenters. The van der Waals surface area contributed by atoms with Crippen LogP contribution in [0.4, 0.5) is 4.39 Å². The number of hydrogen-bond acceptors (Lipinski definition) is 3. The van der Waals surface area contributed by atoms with Crippen molar-refractivity contribution in [2.45, 2.75) is 38.5 Å². The van der Waals surface area contributed by atoms with Gasteiger partial charge in [-0.05, 0) is 42.7 Å². The van der Waals surface area contributed by atoms with Gasteiger partial charge in [0.05, 0.1) is 0 Å². The molecule has 0 saturated heterocycles. The number of thioether (sulfide) groups is 1. The Morgan fingerprint density at radius 1 is 1.22 bits per heavy atom. The maximum absolute atomic E-state index is 13.7. The van der Waals surface area contributed by atoms with Crippen molar-refractivity contribution in [1.82, 2.24) is 5.32 Å². The molecule has 1 amide bonds. The molecular formula is C21H25ClFNO2S. The van der Waals surface area contributed by atoms with E-state index in [4.69, 9.17) is 16.3 Å². The van der Waals surface area contributed by atoms with Gasteiger partial charge in [0.1, 0.15) is 11.6 Å². The molecule has 0 aromatic heterocycles. The fourth-order valence-corrected chi connectivity index (χ4v) is 3.69. The number of hydrogen-bond donors (Lipinski definition) is 1. The number of aryl methyl sites for hydroxylation is 1. The number of benzene rings is 2. The van der Waals surface area contributed by atoms with Crippen LogP contribution in [-0.2, 0) is 17.0 Å². The number of carbonyl (C=O) groups excluding carboxylic acids is 1. The normalized spacial score (nSPS) is 11.9. The van der Waals surface area contributed by atoms with E-state index in [1.54, 1.807) is 12.1 Å². The van der Waals surface area contributed by atoms with Gasteiger partial charge in [0.2, 0.25) is 0 Å². The van der Waals surface area contributed by atoms with Gasteiger partial charge in [0.25, 0.3) is 5.91 Å². The fourth-order valence-electron chi connectivity index (χ4n) is 2.49. The highest BCUT2D eigenvalue weighted by Gasteiger charge is 2.17. The molecule has 146 valence electrons. The molecule has 0 aliphatic carbocycles. The third-order valence-corrected chi connectivity index (χ3v) is 5.47. The van der Waals surface area contributed by atoms with E-state index in [1.165, 1.54) is 23.4 Å². The first kappa shape index (κ1) is 21.6. The lowest BCUT2D eigenvalue weighted by molar-refractivity contribution is -0.127. The Hall–Kier alpha value is -1.72. The van der Waals surface area contributed by atoms with Crippen LogP contribution in [0.1, 0.15) is 31.4 Å². The predicted molar refractivity (Wildman–Crippen MR) is 111 cm³/mol. The Morgan fingerprint density at radius 3 is 2.59 bits per heavy atom. The highest BCUT2D eigenvalue weighted by molar-refractivity contribution is 7.98. The Morgan fingerprint density at radius 2 is 1.96 bits per heavy atom. The lowest BCUT2D eigenvalue weighted by Gasteiger charge is -2.17. The highest BCUT2D eigenvalue weighted by Crippen LogP contribution is 2.23. The van der Waals surface area contributed by atoms with E-state index in [0.29, 0.717) is 40.8 Å². The van der Waals surface area contributed by atoms with Crippen LogP contribution >= 0.6 is 23.4 Å². The molecule has 0 bridgehead atoms. The smallest absolute Gasteiger partial charge is 0.261 e. The summed E-state index contributed by atoms with van der Waals surface area (Å²) in [7, 11) is 0. The largest absolute Gasteiger partial charge is 0.481 e. The molecular weight excluding hydrogens is 385 g/mol. The summed E-state index contributed by atoms with van der Waals surface area (Å²) in [6.45, 7) is 4.50. The first-order valence-corrected chi connectivity index (χ1v) is 10.6. The predicted octanol–water partition coefficient (Wildman–Crippen LogP) is 5.25. The summed E-state index contributed by atoms with van der Waals surface area (Å²) in [5.41, 5.74) is 1.73. The van der Waals surface area contributed by atoms with Gasteiger partial charge in [-0.3, -0.25) is 4.79 Å². The van der Waals surface area contributed by atoms with Gasteiger partial charge >= 0.3 is 0 Å². The Bertz CT molecular complexity index is 719. The quantitative estimate of drug-likeness (QED) is 0.545. The third-order valence-electron chi connectivity index (χ3n) is 4.13. The van der Waals surface area contributed by atoms with E-state index in [9.17, 15) is 9.18 Å². The van der Waals surface area contributed by atoms with Gasteiger partial charge in [-0.1, -0.05) is 43.6 Å². The summed E-state index contributed by atoms with van der Waals surface area (Å²) >= 11 is 7.53. The Labute approximate surface area is 169 Å². The van der Waals surface area contributed by atoms with Crippen LogP contribution in [-0.4, -0.2) is 24.3 Å². The molecule has 1 N–H and O–H groups in total. The first-order valence-electron chi connectivity index (χ1n) is 9.09. The minimum atomic E-state index is -0.525. The van der Waals surface area contributed by atoms with E-state index in [2.05, 4.69) is 12.2 Å². The molecule has 2 aromatic carbocycles. The first-order chi connectivity index (χ1) is 13.0. The molecule has 0 fully saturated rings. The second kappa shape index (κ2) is 11.2. The summed E-state index contributed by atoms with van der Waals surface area (Å²) in [4.78, 5) is 12.3. The molecule has 0 aliphatic heterocycles. The average Bonchev–Trinajstić information content (AvgIpc) is 2.68. The molecule has 6 heteroatoms. The van der Waals surface area contributed by atoms with Gasteiger partial charge in [0.15, 0.2) is 6.10 Å². The number of carbonyl (C=O) groups is 1. The maximum atomic E-state index is 13.7. The summed E-state index contributed by atoms with van der Waals surface area (Å²) < 4.78 is 19.5. The van der Waals surface area contributed by atoms with Crippen molar-refractivity contribution in [3.05, 3.63) is 64.4 Å². The van der Waals surface area contributed by atoms with Crippen molar-refractivity contribution in [3.63, 3.8) is 0 Å². The number of rotatable bonds is 10. The summed E-state index contributed by atoms with van der Waals surface area (Å²) in [6, 6.07) is 12.5. The number of nitrogens with one attached hydrogen (secondary N) is 1. The molecule has 0 radical (unpaired) electrons. The molecule has 27 heavy (non-hydrogen) atoms. The van der Waals surface area contributed by atoms with Crippen molar-refractivity contribution >= 4 is 29.3 Å². The van der Waals surface area contributed by atoms with Crippen LogP contribution in [0.5, 0.6) is 5.75 Å². The van der Waals surface area contributed by atoms with E-state index in [0.717, 1.165) is 6.42 Å². The molecule has 0 heterocycles. The standard InChI is InChI=1S/C21H25ClFNO2S/c1-3-15-8-10-16(11-9-15)26-20(4-2)21(25)24-12-13-27-14-17-18(22)6-5-7-19(17)23/h5-11,20H,3-4,12-14H2,1-2H3,(H,24,25). The summed E-state index contributed by atoms with van der Waals surface area (Å²) in [6.07, 6.45) is 1.02. The van der Waals surface area contributed by atoms with Crippen molar-refractivity contribution < 1.29 is 13.9 Å². The van der Waals surface area contributed by atoms with Crippen LogP contribution in [0.2, 0.25) is 5.02 Å². The van der Waals surface area contributed by atoms with E-state index in [1.807, 2.05) is 31.2 Å². The monoisotopic (exact) mass is 409 g/mol. The molecule has 1 atom stereocenters. The average molecular weight is 410 g/mol. The van der Waals surface area contributed by atoms with E-state index < -0.39 is 6.10 Å². The number of amides is 1. The van der Waals surface area contributed by atoms with E-state index >= 15 is 0 Å². The van der Waals surface area contributed by atoms with Gasteiger partial charge in [-0.2, -0.15) is 11.8 Å². The van der Waals surface area contributed by atoms with Gasteiger partial charge in [-0.15, -0.1) is 0 Å². The minimum absolute atomic E-state index is 0.137. The Balaban J connectivity index is 1.74. The minimum Gasteiger partial charge on any atom is -0.481 e. The topological polar surface area (TPSA) is 38.3 Å².